The van der Waals surface area contributed by atoms with Crippen molar-refractivity contribution in [1.82, 2.24) is 5.32 Å². The molecule has 44 heavy (non-hydrogen) atoms. The predicted octanol–water partition coefficient (Wildman–Crippen LogP) is 7.04. The number of anilines is 2. The van der Waals surface area contributed by atoms with Gasteiger partial charge in [0.15, 0.2) is 0 Å². The highest BCUT2D eigenvalue weighted by molar-refractivity contribution is 9.10. The van der Waals surface area contributed by atoms with E-state index in [2.05, 4.69) is 26.6 Å². The number of benzene rings is 4. The molecule has 1 atom stereocenters. The molecule has 4 aromatic rings. The molecule has 0 bridgehead atoms. The van der Waals surface area contributed by atoms with Crippen LogP contribution in [0.15, 0.2) is 106 Å². The van der Waals surface area contributed by atoms with Crippen LogP contribution in [0.5, 0.6) is 0 Å². The zero-order valence-corrected chi connectivity index (χ0v) is 26.2. The number of carbonyl (C=O) groups is 4. The van der Waals surface area contributed by atoms with Gasteiger partial charge in [-0.1, -0.05) is 52.3 Å². The van der Waals surface area contributed by atoms with Gasteiger partial charge in [-0.05, 0) is 91.2 Å². The molecule has 0 spiro atoms. The summed E-state index contributed by atoms with van der Waals surface area (Å²) in [5, 5.41) is 4.69. The molecule has 1 fully saturated rings. The Bertz CT molecular complexity index is 1810. The van der Waals surface area contributed by atoms with Crippen molar-refractivity contribution < 1.29 is 23.6 Å². The Morgan fingerprint density at radius 2 is 1.68 bits per heavy atom. The normalized spacial score (nSPS) is 15.0. The molecule has 7 nitrogen and oxygen atoms in total. The van der Waals surface area contributed by atoms with Crippen LogP contribution in [0.2, 0.25) is 0 Å². The van der Waals surface area contributed by atoms with E-state index < -0.39 is 22.9 Å². The summed E-state index contributed by atoms with van der Waals surface area (Å²) in [7, 11) is 0. The zero-order chi connectivity index (χ0) is 31.4. The van der Waals surface area contributed by atoms with Gasteiger partial charge in [-0.25, -0.2) is 9.29 Å². The molecule has 0 unspecified atom stereocenters. The van der Waals surface area contributed by atoms with Crippen molar-refractivity contribution in [3.8, 4) is 0 Å². The third-order valence-corrected chi connectivity index (χ3v) is 8.72. The van der Waals surface area contributed by atoms with Crippen LogP contribution in [-0.2, 0) is 14.4 Å². The highest BCUT2D eigenvalue weighted by Gasteiger charge is 2.40. The number of hydrogen-bond donors (Lipinski definition) is 2. The lowest BCUT2D eigenvalue weighted by Gasteiger charge is -2.16. The van der Waals surface area contributed by atoms with Crippen LogP contribution >= 0.6 is 27.7 Å². The smallest absolute Gasteiger partial charge is 0.272 e. The van der Waals surface area contributed by atoms with Crippen molar-refractivity contribution in [2.24, 2.45) is 0 Å². The second-order valence-electron chi connectivity index (χ2n) is 10.2. The van der Waals surface area contributed by atoms with Crippen LogP contribution in [0.3, 0.4) is 0 Å². The van der Waals surface area contributed by atoms with E-state index in [1.807, 2.05) is 26.0 Å². The van der Waals surface area contributed by atoms with Gasteiger partial charge < -0.3 is 10.6 Å². The molecular formula is C34H27BrFN3O4S. The molecule has 0 saturated carbocycles. The van der Waals surface area contributed by atoms with Gasteiger partial charge in [0.2, 0.25) is 11.8 Å². The minimum absolute atomic E-state index is 0.0508. The van der Waals surface area contributed by atoms with Gasteiger partial charge in [-0.2, -0.15) is 0 Å². The predicted molar refractivity (Wildman–Crippen MR) is 174 cm³/mol. The van der Waals surface area contributed by atoms with E-state index in [4.69, 9.17) is 0 Å². The van der Waals surface area contributed by atoms with Crippen molar-refractivity contribution in [2.45, 2.75) is 30.4 Å². The number of thioether (sulfide) groups is 1. The Labute approximate surface area is 266 Å². The van der Waals surface area contributed by atoms with Crippen molar-refractivity contribution in [3.05, 3.63) is 129 Å². The lowest BCUT2D eigenvalue weighted by Crippen LogP contribution is -2.31. The summed E-state index contributed by atoms with van der Waals surface area (Å²) in [4.78, 5) is 54.3. The Kier molecular flexibility index (Phi) is 9.41. The molecule has 4 amide bonds. The van der Waals surface area contributed by atoms with Crippen LogP contribution in [0.25, 0.3) is 6.08 Å². The van der Waals surface area contributed by atoms with E-state index in [1.165, 1.54) is 47.0 Å². The summed E-state index contributed by atoms with van der Waals surface area (Å²) >= 11 is 4.61. The fraction of sp³-hybridized carbons (Fsp3) is 0.118. The van der Waals surface area contributed by atoms with E-state index in [-0.39, 0.29) is 29.5 Å². The van der Waals surface area contributed by atoms with Crippen LogP contribution < -0.4 is 15.5 Å². The maximum Gasteiger partial charge on any atom is 0.272 e. The first-order chi connectivity index (χ1) is 21.1. The molecule has 10 heteroatoms. The minimum atomic E-state index is -0.774. The molecule has 222 valence electrons. The molecule has 0 aliphatic carbocycles. The largest absolute Gasteiger partial charge is 0.321 e. The van der Waals surface area contributed by atoms with Crippen molar-refractivity contribution in [1.29, 1.82) is 0 Å². The van der Waals surface area contributed by atoms with Crippen molar-refractivity contribution in [3.63, 3.8) is 0 Å². The number of aryl methyl sites for hydroxylation is 2. The summed E-state index contributed by atoms with van der Waals surface area (Å²) in [5.41, 5.74) is 3.35. The summed E-state index contributed by atoms with van der Waals surface area (Å²) in [6, 6.07) is 24.9. The first kappa shape index (κ1) is 30.9. The lowest BCUT2D eigenvalue weighted by atomic mass is 10.1. The molecule has 1 heterocycles. The lowest BCUT2D eigenvalue weighted by molar-refractivity contribution is -0.121. The summed E-state index contributed by atoms with van der Waals surface area (Å²) in [6.07, 6.45) is 1.54. The van der Waals surface area contributed by atoms with Gasteiger partial charge >= 0.3 is 0 Å². The Morgan fingerprint density at radius 1 is 0.932 bits per heavy atom. The third kappa shape index (κ3) is 7.15. The average Bonchev–Trinajstić information content (AvgIpc) is 3.27. The number of amides is 4. The van der Waals surface area contributed by atoms with Gasteiger partial charge in [0.25, 0.3) is 11.8 Å². The molecule has 4 aromatic carbocycles. The van der Waals surface area contributed by atoms with Gasteiger partial charge in [-0.15, -0.1) is 11.8 Å². The zero-order valence-electron chi connectivity index (χ0n) is 23.8. The molecule has 2 N–H and O–H groups in total. The number of nitrogens with zero attached hydrogens (tertiary/aromatic N) is 1. The third-order valence-electron chi connectivity index (χ3n) is 7.02. The molecule has 1 saturated heterocycles. The number of hydrogen-bond acceptors (Lipinski definition) is 5. The van der Waals surface area contributed by atoms with Gasteiger partial charge in [0.05, 0.1) is 16.5 Å². The quantitative estimate of drug-likeness (QED) is 0.155. The van der Waals surface area contributed by atoms with Crippen molar-refractivity contribution >= 4 is 68.8 Å². The average molecular weight is 673 g/mol. The van der Waals surface area contributed by atoms with Crippen LogP contribution in [-0.4, -0.2) is 28.9 Å². The maximum absolute atomic E-state index is 14.3. The topological polar surface area (TPSA) is 95.6 Å². The Morgan fingerprint density at radius 3 is 2.41 bits per heavy atom. The SMILES string of the molecule is Cc1ccc(N2C(=O)C[C@H](Sc3cccc(NC(=O)/C(=C/c4ccc(Br)cc4)NC(=O)c4ccccc4F)c3)C2=O)cc1C. The first-order valence-electron chi connectivity index (χ1n) is 13.6. The van der Waals surface area contributed by atoms with Crippen molar-refractivity contribution in [2.75, 3.05) is 10.2 Å². The Hall–Kier alpha value is -4.54. The van der Waals surface area contributed by atoms with E-state index in [1.54, 1.807) is 54.6 Å². The second-order valence-corrected chi connectivity index (χ2v) is 12.4. The fourth-order valence-electron chi connectivity index (χ4n) is 4.56. The number of rotatable bonds is 8. The molecule has 0 aromatic heterocycles. The summed E-state index contributed by atoms with van der Waals surface area (Å²) in [5.74, 6) is -2.69. The second kappa shape index (κ2) is 13.4. The molecule has 0 radical (unpaired) electrons. The maximum atomic E-state index is 14.3. The number of nitrogens with one attached hydrogen (secondary N) is 2. The molecule has 1 aliphatic heterocycles. The van der Waals surface area contributed by atoms with E-state index in [0.29, 0.717) is 21.8 Å². The van der Waals surface area contributed by atoms with Crippen LogP contribution in [0, 0.1) is 19.7 Å². The monoisotopic (exact) mass is 671 g/mol. The summed E-state index contributed by atoms with van der Waals surface area (Å²) in [6.45, 7) is 3.90. The minimum Gasteiger partial charge on any atom is -0.321 e. The van der Waals surface area contributed by atoms with Gasteiger partial charge in [0.1, 0.15) is 11.5 Å². The fourth-order valence-corrected chi connectivity index (χ4v) is 5.94. The van der Waals surface area contributed by atoms with Crippen LogP contribution in [0.1, 0.15) is 33.5 Å². The highest BCUT2D eigenvalue weighted by Crippen LogP contribution is 2.35. The number of imide groups is 1. The van der Waals surface area contributed by atoms with E-state index in [9.17, 15) is 23.6 Å². The highest BCUT2D eigenvalue weighted by atomic mass is 79.9. The first-order valence-corrected chi connectivity index (χ1v) is 15.3. The Balaban J connectivity index is 1.33. The van der Waals surface area contributed by atoms with Crippen LogP contribution in [0.4, 0.5) is 15.8 Å². The molecular weight excluding hydrogens is 645 g/mol. The number of carbonyl (C=O) groups excluding carboxylic acids is 4. The molecule has 1 aliphatic rings. The van der Waals surface area contributed by atoms with Gasteiger partial charge in [-0.3, -0.25) is 19.2 Å². The molecule has 5 rings (SSSR count). The van der Waals surface area contributed by atoms with E-state index in [0.717, 1.165) is 15.6 Å². The van der Waals surface area contributed by atoms with E-state index >= 15 is 0 Å². The standard InChI is InChI=1S/C34H27BrFN3O4S/c1-20-10-15-25(16-21(20)2)39-31(40)19-30(34(39)43)44-26-7-5-6-24(18-26)37-33(42)29(17-22-11-13-23(35)14-12-22)38-32(41)27-8-3-4-9-28(27)36/h3-18,30H,19H2,1-2H3,(H,37,42)(H,38,41)/b29-17-/t30-/m0/s1. The summed E-state index contributed by atoms with van der Waals surface area (Å²) < 4.78 is 15.1. The van der Waals surface area contributed by atoms with Gasteiger partial charge in [0, 0.05) is 21.5 Å². The number of halogens is 2.